The lowest BCUT2D eigenvalue weighted by atomic mass is 10.2. The fourth-order valence-corrected chi connectivity index (χ4v) is 3.42. The zero-order chi connectivity index (χ0) is 14.8. The molecule has 0 atom stereocenters. The van der Waals surface area contributed by atoms with Gasteiger partial charge in [-0.15, -0.1) is 11.3 Å². The SMILES string of the molecule is Cc1nc(CCNS(=O)(=O)c2ccc(C)c(N)c2)cs1. The van der Waals surface area contributed by atoms with Gasteiger partial charge in [0.2, 0.25) is 10.0 Å². The van der Waals surface area contributed by atoms with Crippen molar-refractivity contribution in [3.63, 3.8) is 0 Å². The van der Waals surface area contributed by atoms with E-state index in [0.717, 1.165) is 16.3 Å². The van der Waals surface area contributed by atoms with Crippen molar-refractivity contribution < 1.29 is 8.42 Å². The normalized spacial score (nSPS) is 11.7. The highest BCUT2D eigenvalue weighted by Gasteiger charge is 2.14. The van der Waals surface area contributed by atoms with Crippen molar-refractivity contribution in [3.8, 4) is 0 Å². The standard InChI is InChI=1S/C13H17N3O2S2/c1-9-3-4-12(7-13(9)14)20(17,18)15-6-5-11-8-19-10(2)16-11/h3-4,7-8,15H,5-6,14H2,1-2H3. The molecule has 2 rings (SSSR count). The van der Waals surface area contributed by atoms with Crippen LogP contribution in [0, 0.1) is 13.8 Å². The number of nitrogens with one attached hydrogen (secondary N) is 1. The van der Waals surface area contributed by atoms with Crippen molar-refractivity contribution in [2.75, 3.05) is 12.3 Å². The smallest absolute Gasteiger partial charge is 0.240 e. The minimum Gasteiger partial charge on any atom is -0.398 e. The van der Waals surface area contributed by atoms with Gasteiger partial charge in [0.15, 0.2) is 0 Å². The average molecular weight is 311 g/mol. The van der Waals surface area contributed by atoms with E-state index < -0.39 is 10.0 Å². The number of hydrogen-bond donors (Lipinski definition) is 2. The zero-order valence-corrected chi connectivity index (χ0v) is 13.0. The lowest BCUT2D eigenvalue weighted by molar-refractivity contribution is 0.581. The molecule has 5 nitrogen and oxygen atoms in total. The van der Waals surface area contributed by atoms with Crippen molar-refractivity contribution in [1.82, 2.24) is 9.71 Å². The fourth-order valence-electron chi connectivity index (χ4n) is 1.71. The van der Waals surface area contributed by atoms with E-state index in [1.807, 2.05) is 19.2 Å². The first kappa shape index (κ1) is 15.0. The largest absolute Gasteiger partial charge is 0.398 e. The maximum atomic E-state index is 12.1. The molecule has 0 saturated carbocycles. The Bertz CT molecular complexity index is 708. The number of rotatable bonds is 5. The average Bonchev–Trinajstić information content (AvgIpc) is 2.78. The molecule has 0 aliphatic rings. The van der Waals surface area contributed by atoms with Crippen LogP contribution in [0.2, 0.25) is 0 Å². The molecule has 7 heteroatoms. The van der Waals surface area contributed by atoms with Gasteiger partial charge in [0.25, 0.3) is 0 Å². The van der Waals surface area contributed by atoms with Gasteiger partial charge in [-0.05, 0) is 31.5 Å². The van der Waals surface area contributed by atoms with Crippen LogP contribution in [0.5, 0.6) is 0 Å². The van der Waals surface area contributed by atoms with E-state index >= 15 is 0 Å². The molecule has 2 aromatic rings. The molecule has 0 saturated heterocycles. The molecule has 0 spiro atoms. The second kappa shape index (κ2) is 5.90. The van der Waals surface area contributed by atoms with Crippen LogP contribution in [-0.2, 0) is 16.4 Å². The Morgan fingerprint density at radius 1 is 1.35 bits per heavy atom. The molecule has 0 radical (unpaired) electrons. The summed E-state index contributed by atoms with van der Waals surface area (Å²) in [6.45, 7) is 4.08. The summed E-state index contributed by atoms with van der Waals surface area (Å²) in [5.74, 6) is 0. The number of nitrogens with two attached hydrogens (primary N) is 1. The van der Waals surface area contributed by atoms with Crippen molar-refractivity contribution in [2.45, 2.75) is 25.2 Å². The van der Waals surface area contributed by atoms with Crippen LogP contribution < -0.4 is 10.5 Å². The van der Waals surface area contributed by atoms with E-state index in [1.165, 1.54) is 6.07 Å². The first-order chi connectivity index (χ1) is 9.38. The number of sulfonamides is 1. The summed E-state index contributed by atoms with van der Waals surface area (Å²) in [5, 5.41) is 2.92. The highest BCUT2D eigenvalue weighted by Crippen LogP contribution is 2.17. The number of nitrogen functional groups attached to an aromatic ring is 1. The summed E-state index contributed by atoms with van der Waals surface area (Å²) in [4.78, 5) is 4.48. The van der Waals surface area contributed by atoms with Gasteiger partial charge in [-0.25, -0.2) is 18.1 Å². The van der Waals surface area contributed by atoms with Gasteiger partial charge in [0.05, 0.1) is 15.6 Å². The Balaban J connectivity index is 2.02. The maximum Gasteiger partial charge on any atom is 0.240 e. The number of anilines is 1. The molecular weight excluding hydrogens is 294 g/mol. The summed E-state index contributed by atoms with van der Waals surface area (Å²) in [6.07, 6.45) is 0.574. The van der Waals surface area contributed by atoms with Crippen LogP contribution in [0.1, 0.15) is 16.3 Å². The first-order valence-electron chi connectivity index (χ1n) is 6.15. The topological polar surface area (TPSA) is 85.1 Å². The molecule has 1 aromatic heterocycles. The van der Waals surface area contributed by atoms with E-state index in [2.05, 4.69) is 9.71 Å². The van der Waals surface area contributed by atoms with Crippen LogP contribution in [0.15, 0.2) is 28.5 Å². The van der Waals surface area contributed by atoms with Crippen molar-refractivity contribution in [2.24, 2.45) is 0 Å². The van der Waals surface area contributed by atoms with E-state index in [0.29, 0.717) is 18.7 Å². The van der Waals surface area contributed by atoms with Crippen LogP contribution in [0.3, 0.4) is 0 Å². The molecule has 0 amide bonds. The second-order valence-electron chi connectivity index (χ2n) is 4.52. The number of thiazole rings is 1. The summed E-state index contributed by atoms with van der Waals surface area (Å²) in [5.41, 5.74) is 7.98. The molecule has 1 aromatic carbocycles. The number of aromatic nitrogens is 1. The monoisotopic (exact) mass is 311 g/mol. The molecule has 20 heavy (non-hydrogen) atoms. The van der Waals surface area contributed by atoms with E-state index in [-0.39, 0.29) is 4.90 Å². The summed E-state index contributed by atoms with van der Waals surface area (Å²) in [7, 11) is -3.52. The maximum absolute atomic E-state index is 12.1. The third-order valence-corrected chi connectivity index (χ3v) is 5.18. The molecular formula is C13H17N3O2S2. The number of aryl methyl sites for hydroxylation is 2. The Kier molecular flexibility index (Phi) is 4.42. The Labute approximate surface area is 122 Å². The van der Waals surface area contributed by atoms with Crippen LogP contribution in [-0.4, -0.2) is 19.9 Å². The molecule has 0 bridgehead atoms. The minimum absolute atomic E-state index is 0.190. The summed E-state index contributed by atoms with van der Waals surface area (Å²) < 4.78 is 26.8. The fraction of sp³-hybridized carbons (Fsp3) is 0.308. The second-order valence-corrected chi connectivity index (χ2v) is 7.35. The van der Waals surface area contributed by atoms with Gasteiger partial charge < -0.3 is 5.73 Å². The van der Waals surface area contributed by atoms with E-state index in [4.69, 9.17) is 5.73 Å². The van der Waals surface area contributed by atoms with Crippen LogP contribution in [0.4, 0.5) is 5.69 Å². The van der Waals surface area contributed by atoms with E-state index in [1.54, 1.807) is 23.5 Å². The van der Waals surface area contributed by atoms with Crippen molar-refractivity contribution in [3.05, 3.63) is 39.8 Å². The van der Waals surface area contributed by atoms with Crippen molar-refractivity contribution >= 4 is 27.0 Å². The molecule has 3 N–H and O–H groups in total. The quantitative estimate of drug-likeness (QED) is 0.825. The van der Waals surface area contributed by atoms with Gasteiger partial charge in [0, 0.05) is 24.0 Å². The van der Waals surface area contributed by atoms with Gasteiger partial charge in [-0.3, -0.25) is 0 Å². The zero-order valence-electron chi connectivity index (χ0n) is 11.4. The summed E-state index contributed by atoms with van der Waals surface area (Å²) in [6, 6.07) is 4.74. The first-order valence-corrected chi connectivity index (χ1v) is 8.51. The van der Waals surface area contributed by atoms with Crippen LogP contribution >= 0.6 is 11.3 Å². The lowest BCUT2D eigenvalue weighted by Crippen LogP contribution is -2.26. The Morgan fingerprint density at radius 2 is 2.10 bits per heavy atom. The van der Waals surface area contributed by atoms with Gasteiger partial charge >= 0.3 is 0 Å². The lowest BCUT2D eigenvalue weighted by Gasteiger charge is -2.08. The van der Waals surface area contributed by atoms with Crippen LogP contribution in [0.25, 0.3) is 0 Å². The molecule has 1 heterocycles. The third-order valence-electron chi connectivity index (χ3n) is 2.90. The predicted molar refractivity (Wildman–Crippen MR) is 81.3 cm³/mol. The highest BCUT2D eigenvalue weighted by molar-refractivity contribution is 7.89. The molecule has 108 valence electrons. The van der Waals surface area contributed by atoms with Crippen molar-refractivity contribution in [1.29, 1.82) is 0 Å². The third kappa shape index (κ3) is 3.56. The minimum atomic E-state index is -3.52. The Morgan fingerprint density at radius 3 is 2.70 bits per heavy atom. The van der Waals surface area contributed by atoms with E-state index in [9.17, 15) is 8.42 Å². The molecule has 0 aliphatic carbocycles. The summed E-state index contributed by atoms with van der Waals surface area (Å²) >= 11 is 1.56. The molecule has 0 aliphatic heterocycles. The van der Waals surface area contributed by atoms with Gasteiger partial charge in [-0.1, -0.05) is 6.07 Å². The van der Waals surface area contributed by atoms with Gasteiger partial charge in [-0.2, -0.15) is 0 Å². The number of benzene rings is 1. The molecule has 0 unspecified atom stereocenters. The molecule has 0 fully saturated rings. The van der Waals surface area contributed by atoms with Gasteiger partial charge in [0.1, 0.15) is 0 Å². The number of nitrogens with zero attached hydrogens (tertiary/aromatic N) is 1. The number of hydrogen-bond acceptors (Lipinski definition) is 5. The predicted octanol–water partition coefficient (Wildman–Crippen LogP) is 1.86. The Hall–Kier alpha value is -1.44. The highest BCUT2D eigenvalue weighted by atomic mass is 32.2.